The fourth-order valence-electron chi connectivity index (χ4n) is 4.30. The van der Waals surface area contributed by atoms with E-state index >= 15 is 0 Å². The Balaban J connectivity index is 2.15. The molecule has 1 aromatic heterocycles. The molecule has 0 aliphatic heterocycles. The average molecular weight is 447 g/mol. The molecule has 0 aliphatic carbocycles. The van der Waals surface area contributed by atoms with E-state index in [1.807, 2.05) is 13.0 Å². The zero-order chi connectivity index (χ0) is 24.1. The van der Waals surface area contributed by atoms with Crippen LogP contribution >= 0.6 is 0 Å². The molecule has 2 aromatic carbocycles. The summed E-state index contributed by atoms with van der Waals surface area (Å²) in [6, 6.07) is 12.9. The maximum absolute atomic E-state index is 13.7. The first-order valence-corrected chi connectivity index (χ1v) is 11.7. The summed E-state index contributed by atoms with van der Waals surface area (Å²) >= 11 is 0. The van der Waals surface area contributed by atoms with Crippen molar-refractivity contribution in [3.05, 3.63) is 88.0 Å². The normalized spacial score (nSPS) is 11.7. The fraction of sp³-hybridized carbons (Fsp3) is 0.345. The standard InChI is InChI=1S/C29H35FN2O/c1-7-8-21-11-14-24(15-20(21)6)31-16-25-27(22-9-12-23(30)13-10-22)26(17-33)29(19(4)5)32-28(25)18(2)3/h7-15,18-19,31,33H,16-17H2,1-6H3/b8-7-. The van der Waals surface area contributed by atoms with Crippen molar-refractivity contribution in [2.24, 2.45) is 0 Å². The summed E-state index contributed by atoms with van der Waals surface area (Å²) in [5, 5.41) is 13.9. The van der Waals surface area contributed by atoms with E-state index in [2.05, 4.69) is 64.2 Å². The van der Waals surface area contributed by atoms with Crippen LogP contribution in [0.1, 0.15) is 80.1 Å². The van der Waals surface area contributed by atoms with Crippen LogP contribution in [0.4, 0.5) is 10.1 Å². The van der Waals surface area contributed by atoms with Crippen molar-refractivity contribution in [3.63, 3.8) is 0 Å². The minimum Gasteiger partial charge on any atom is -0.392 e. The lowest BCUT2D eigenvalue weighted by Gasteiger charge is -2.24. The number of hydrogen-bond acceptors (Lipinski definition) is 3. The Bertz CT molecular complexity index is 1130. The highest BCUT2D eigenvalue weighted by Crippen LogP contribution is 2.37. The van der Waals surface area contributed by atoms with E-state index in [1.54, 1.807) is 12.1 Å². The Morgan fingerprint density at radius 3 is 2.15 bits per heavy atom. The molecule has 174 valence electrons. The molecule has 2 N–H and O–H groups in total. The monoisotopic (exact) mass is 446 g/mol. The second-order valence-electron chi connectivity index (χ2n) is 9.11. The fourth-order valence-corrected chi connectivity index (χ4v) is 4.30. The SMILES string of the molecule is C/C=C\c1ccc(NCc2c(C(C)C)nc(C(C)C)c(CO)c2-c2ccc(F)cc2)cc1C. The lowest BCUT2D eigenvalue weighted by molar-refractivity contribution is 0.279. The second kappa shape index (κ2) is 10.8. The van der Waals surface area contributed by atoms with Gasteiger partial charge in [0.05, 0.1) is 6.61 Å². The van der Waals surface area contributed by atoms with Crippen LogP contribution in [0.25, 0.3) is 17.2 Å². The number of rotatable bonds is 8. The Morgan fingerprint density at radius 2 is 1.61 bits per heavy atom. The maximum atomic E-state index is 13.7. The van der Waals surface area contributed by atoms with Crippen LogP contribution in [0.2, 0.25) is 0 Å². The number of halogens is 1. The van der Waals surface area contributed by atoms with E-state index in [9.17, 15) is 9.50 Å². The van der Waals surface area contributed by atoms with Crippen molar-refractivity contribution in [1.29, 1.82) is 0 Å². The number of pyridine rings is 1. The van der Waals surface area contributed by atoms with Gasteiger partial charge in [0, 0.05) is 34.7 Å². The molecule has 0 bridgehead atoms. The quantitative estimate of drug-likeness (QED) is 0.375. The van der Waals surface area contributed by atoms with Gasteiger partial charge in [-0.05, 0) is 72.2 Å². The Labute approximate surface area is 197 Å². The summed E-state index contributed by atoms with van der Waals surface area (Å²) in [4.78, 5) is 5.03. The van der Waals surface area contributed by atoms with Crippen molar-refractivity contribution in [1.82, 2.24) is 4.98 Å². The number of hydrogen-bond donors (Lipinski definition) is 2. The molecule has 0 radical (unpaired) electrons. The summed E-state index contributed by atoms with van der Waals surface area (Å²) in [5.74, 6) is 0.0839. The smallest absolute Gasteiger partial charge is 0.123 e. The number of aliphatic hydroxyl groups excluding tert-OH is 1. The van der Waals surface area contributed by atoms with E-state index in [0.717, 1.165) is 39.3 Å². The number of aromatic nitrogens is 1. The molecule has 0 atom stereocenters. The predicted molar refractivity (Wildman–Crippen MR) is 137 cm³/mol. The lowest BCUT2D eigenvalue weighted by atomic mass is 9.87. The molecule has 3 rings (SSSR count). The average Bonchev–Trinajstić information content (AvgIpc) is 2.78. The summed E-state index contributed by atoms with van der Waals surface area (Å²) in [7, 11) is 0. The molecular weight excluding hydrogens is 411 g/mol. The molecule has 0 amide bonds. The third-order valence-electron chi connectivity index (χ3n) is 5.93. The van der Waals surface area contributed by atoms with Gasteiger partial charge in [0.2, 0.25) is 0 Å². The summed E-state index contributed by atoms with van der Waals surface area (Å²) < 4.78 is 13.7. The molecule has 3 nitrogen and oxygen atoms in total. The van der Waals surface area contributed by atoms with Crippen LogP contribution in [0.5, 0.6) is 0 Å². The topological polar surface area (TPSA) is 45.2 Å². The van der Waals surface area contributed by atoms with Crippen molar-refractivity contribution in [3.8, 4) is 11.1 Å². The van der Waals surface area contributed by atoms with Crippen LogP contribution in [0.3, 0.4) is 0 Å². The van der Waals surface area contributed by atoms with Gasteiger partial charge < -0.3 is 10.4 Å². The van der Waals surface area contributed by atoms with Crippen LogP contribution in [-0.4, -0.2) is 10.1 Å². The molecule has 1 heterocycles. The van der Waals surface area contributed by atoms with Crippen molar-refractivity contribution < 1.29 is 9.50 Å². The molecule has 0 unspecified atom stereocenters. The van der Waals surface area contributed by atoms with E-state index in [4.69, 9.17) is 4.98 Å². The molecule has 33 heavy (non-hydrogen) atoms. The minimum absolute atomic E-state index is 0.115. The Kier molecular flexibility index (Phi) is 8.04. The zero-order valence-electron chi connectivity index (χ0n) is 20.5. The zero-order valence-corrected chi connectivity index (χ0v) is 20.5. The lowest BCUT2D eigenvalue weighted by Crippen LogP contribution is -2.15. The van der Waals surface area contributed by atoms with Gasteiger partial charge in [-0.25, -0.2) is 4.39 Å². The first-order chi connectivity index (χ1) is 15.8. The number of allylic oxidation sites excluding steroid dienone is 1. The highest BCUT2D eigenvalue weighted by atomic mass is 19.1. The van der Waals surface area contributed by atoms with Gasteiger partial charge in [-0.15, -0.1) is 0 Å². The third-order valence-corrected chi connectivity index (χ3v) is 5.93. The van der Waals surface area contributed by atoms with Gasteiger partial charge in [0.1, 0.15) is 5.82 Å². The highest BCUT2D eigenvalue weighted by Gasteiger charge is 2.23. The summed E-state index contributed by atoms with van der Waals surface area (Å²) in [6.07, 6.45) is 4.14. The highest BCUT2D eigenvalue weighted by molar-refractivity contribution is 5.74. The van der Waals surface area contributed by atoms with Crippen molar-refractivity contribution in [2.75, 3.05) is 5.32 Å². The summed E-state index contributed by atoms with van der Waals surface area (Å²) in [5.41, 5.74) is 9.03. The molecule has 0 spiro atoms. The number of aliphatic hydroxyl groups is 1. The number of benzene rings is 2. The van der Waals surface area contributed by atoms with Crippen LogP contribution < -0.4 is 5.32 Å². The minimum atomic E-state index is -0.275. The van der Waals surface area contributed by atoms with E-state index in [1.165, 1.54) is 23.3 Å². The molecule has 0 aliphatic rings. The molecular formula is C29H35FN2O. The van der Waals surface area contributed by atoms with E-state index in [-0.39, 0.29) is 24.3 Å². The van der Waals surface area contributed by atoms with Gasteiger partial charge in [-0.1, -0.05) is 58.0 Å². The molecule has 0 saturated heterocycles. The van der Waals surface area contributed by atoms with Crippen molar-refractivity contribution >= 4 is 11.8 Å². The number of aryl methyl sites for hydroxylation is 1. The first-order valence-electron chi connectivity index (χ1n) is 11.7. The Morgan fingerprint density at radius 1 is 0.970 bits per heavy atom. The van der Waals surface area contributed by atoms with Crippen molar-refractivity contribution in [2.45, 2.75) is 66.5 Å². The summed E-state index contributed by atoms with van der Waals surface area (Å²) in [6.45, 7) is 13.0. The first kappa shape index (κ1) is 24.7. The van der Waals surface area contributed by atoms with Gasteiger partial charge in [-0.3, -0.25) is 4.98 Å². The van der Waals surface area contributed by atoms with Gasteiger partial charge in [0.15, 0.2) is 0 Å². The second-order valence-corrected chi connectivity index (χ2v) is 9.11. The number of nitrogens with zero attached hydrogens (tertiary/aromatic N) is 1. The van der Waals surface area contributed by atoms with Crippen LogP contribution in [0.15, 0.2) is 48.5 Å². The van der Waals surface area contributed by atoms with Gasteiger partial charge in [-0.2, -0.15) is 0 Å². The van der Waals surface area contributed by atoms with Crippen LogP contribution in [-0.2, 0) is 13.2 Å². The predicted octanol–water partition coefficient (Wildman–Crippen LogP) is 7.58. The third kappa shape index (κ3) is 5.51. The van der Waals surface area contributed by atoms with E-state index in [0.29, 0.717) is 6.54 Å². The molecule has 4 heteroatoms. The maximum Gasteiger partial charge on any atom is 0.123 e. The van der Waals surface area contributed by atoms with Crippen LogP contribution in [0, 0.1) is 12.7 Å². The number of anilines is 1. The molecule has 0 fully saturated rings. The molecule has 3 aromatic rings. The van der Waals surface area contributed by atoms with Gasteiger partial charge >= 0.3 is 0 Å². The van der Waals surface area contributed by atoms with Gasteiger partial charge in [0.25, 0.3) is 0 Å². The molecule has 0 saturated carbocycles. The van der Waals surface area contributed by atoms with E-state index < -0.39 is 0 Å². The Hall–Kier alpha value is -2.98. The number of nitrogens with one attached hydrogen (secondary N) is 1. The largest absolute Gasteiger partial charge is 0.392 e.